The lowest BCUT2D eigenvalue weighted by molar-refractivity contribution is -0.00802. The maximum atomic E-state index is 11.8. The largest absolute Gasteiger partial charge is 0.382 e. The van der Waals surface area contributed by atoms with Gasteiger partial charge in [-0.05, 0) is 17.7 Å². The van der Waals surface area contributed by atoms with E-state index in [9.17, 15) is 5.11 Å². The molecule has 0 radical (unpaired) electrons. The number of nitriles is 1. The van der Waals surface area contributed by atoms with Crippen molar-refractivity contribution in [2.45, 2.75) is 66.5 Å². The van der Waals surface area contributed by atoms with Gasteiger partial charge in [-0.25, -0.2) is 14.6 Å². The predicted octanol–water partition coefficient (Wildman–Crippen LogP) is 7.04. The van der Waals surface area contributed by atoms with Crippen LogP contribution in [-0.4, -0.2) is 24.9 Å². The molecule has 1 N–H and O–H groups in total. The normalized spacial score (nSPS) is 12.2. The van der Waals surface area contributed by atoms with Gasteiger partial charge in [0.15, 0.2) is 0 Å². The Bertz CT molecular complexity index is 1120. The summed E-state index contributed by atoms with van der Waals surface area (Å²) in [5.74, 6) is -0.272. The first-order valence-corrected chi connectivity index (χ1v) is 13.0. The summed E-state index contributed by atoms with van der Waals surface area (Å²) in [6, 6.07) is 19.1. The van der Waals surface area contributed by atoms with Gasteiger partial charge in [0.2, 0.25) is 0 Å². The number of aliphatic hydroxyl groups is 1. The summed E-state index contributed by atoms with van der Waals surface area (Å²) in [4.78, 5) is 8.78. The first kappa shape index (κ1) is 29.7. The van der Waals surface area contributed by atoms with Crippen LogP contribution in [0.2, 0.25) is 0 Å². The fraction of sp³-hybridized carbons (Fsp3) is 0.357. The van der Waals surface area contributed by atoms with Gasteiger partial charge in [-0.1, -0.05) is 90.9 Å². The molecule has 0 spiro atoms. The molecule has 0 unspecified atom stereocenters. The Hall–Kier alpha value is -3.34. The second-order valence-corrected chi connectivity index (χ2v) is 7.75. The lowest BCUT2D eigenvalue weighted by Gasteiger charge is -2.33. The van der Waals surface area contributed by atoms with Crippen molar-refractivity contribution in [3.05, 3.63) is 88.8 Å². The van der Waals surface area contributed by atoms with Gasteiger partial charge in [0, 0.05) is 16.9 Å². The monoisotopic (exact) mass is 491 g/mol. The van der Waals surface area contributed by atoms with Crippen LogP contribution < -0.4 is 0 Å². The van der Waals surface area contributed by atoms with E-state index < -0.39 is 5.60 Å². The van der Waals surface area contributed by atoms with Crippen molar-refractivity contribution in [1.29, 1.82) is 5.26 Å². The lowest BCUT2D eigenvalue weighted by atomic mass is 9.82. The average Bonchev–Trinajstić information content (AvgIpc) is 3.65. The van der Waals surface area contributed by atoms with E-state index in [4.69, 9.17) is 10.2 Å². The van der Waals surface area contributed by atoms with Crippen molar-refractivity contribution >= 4 is 11.3 Å². The van der Waals surface area contributed by atoms with Crippen molar-refractivity contribution in [3.63, 3.8) is 0 Å². The van der Waals surface area contributed by atoms with Gasteiger partial charge in [-0.15, -0.1) is 11.3 Å². The summed E-state index contributed by atoms with van der Waals surface area (Å²) in [5.41, 5.74) is 1.99. The third kappa shape index (κ3) is 7.57. The highest BCUT2D eigenvalue weighted by atomic mass is 32.1. The Kier molecular flexibility index (Phi) is 13.2. The van der Waals surface area contributed by atoms with Gasteiger partial charge in [0.05, 0.1) is 28.9 Å². The van der Waals surface area contributed by atoms with Gasteiger partial charge in [0.1, 0.15) is 18.3 Å². The summed E-state index contributed by atoms with van der Waals surface area (Å²) >= 11 is 1.52. The molecule has 0 bridgehead atoms. The van der Waals surface area contributed by atoms with Crippen LogP contribution in [0.15, 0.2) is 72.6 Å². The first-order valence-electron chi connectivity index (χ1n) is 12.2. The Balaban J connectivity index is 0.000000949. The summed E-state index contributed by atoms with van der Waals surface area (Å²) in [7, 11) is 0. The van der Waals surface area contributed by atoms with Crippen LogP contribution in [0, 0.1) is 11.3 Å². The van der Waals surface area contributed by atoms with Crippen molar-refractivity contribution in [2.75, 3.05) is 0 Å². The van der Waals surface area contributed by atoms with E-state index in [1.807, 2.05) is 96.3 Å². The molecule has 0 aliphatic rings. The van der Waals surface area contributed by atoms with E-state index >= 15 is 0 Å². The quantitative estimate of drug-likeness (QED) is 0.312. The molecule has 7 heteroatoms. The summed E-state index contributed by atoms with van der Waals surface area (Å²) in [6.45, 7) is 14.2. The van der Waals surface area contributed by atoms with Crippen LogP contribution in [0.1, 0.15) is 70.5 Å². The van der Waals surface area contributed by atoms with E-state index in [-0.39, 0.29) is 12.5 Å². The topological polar surface area (TPSA) is 87.6 Å². The molecule has 35 heavy (non-hydrogen) atoms. The second-order valence-electron chi connectivity index (χ2n) is 6.87. The van der Waals surface area contributed by atoms with Gasteiger partial charge in [-0.2, -0.15) is 10.4 Å². The Morgan fingerprint density at radius 3 is 2.17 bits per heavy atom. The summed E-state index contributed by atoms with van der Waals surface area (Å²) in [5, 5.41) is 27.7. The Labute approximate surface area is 214 Å². The predicted molar refractivity (Wildman–Crippen MR) is 145 cm³/mol. The maximum absolute atomic E-state index is 11.8. The number of benzene rings is 2. The van der Waals surface area contributed by atoms with Crippen molar-refractivity contribution in [3.8, 4) is 17.3 Å². The lowest BCUT2D eigenvalue weighted by Crippen LogP contribution is -2.37. The summed E-state index contributed by atoms with van der Waals surface area (Å²) in [6.07, 6.45) is 3.06. The molecule has 6 nitrogen and oxygen atoms in total. The van der Waals surface area contributed by atoms with Gasteiger partial charge in [0.25, 0.3) is 0 Å². The number of thiazole rings is 1. The second kappa shape index (κ2) is 15.5. The van der Waals surface area contributed by atoms with E-state index in [0.717, 1.165) is 21.8 Å². The number of hydrogen-bond donors (Lipinski definition) is 1. The SMILES string of the molecule is CC.CC.CC.C[C@@H](c1nc(-c2ccc(C#N)cc2)cs1)[C@](O)(Cn1cncn1)c1ccccc1. The Morgan fingerprint density at radius 1 is 1.00 bits per heavy atom. The zero-order chi connectivity index (χ0) is 26.3. The van der Waals surface area contributed by atoms with E-state index in [0.29, 0.717) is 5.56 Å². The number of hydrogen-bond acceptors (Lipinski definition) is 6. The molecule has 0 saturated carbocycles. The Morgan fingerprint density at radius 2 is 1.63 bits per heavy atom. The summed E-state index contributed by atoms with van der Waals surface area (Å²) < 4.78 is 1.64. The van der Waals surface area contributed by atoms with Crippen molar-refractivity contribution in [2.24, 2.45) is 0 Å². The van der Waals surface area contributed by atoms with Gasteiger partial charge in [-0.3, -0.25) is 0 Å². The fourth-order valence-corrected chi connectivity index (χ4v) is 4.28. The number of nitrogens with zero attached hydrogens (tertiary/aromatic N) is 5. The minimum absolute atomic E-state index is 0.268. The fourth-order valence-electron chi connectivity index (χ4n) is 3.31. The third-order valence-corrected chi connectivity index (χ3v) is 6.09. The third-order valence-electron chi connectivity index (χ3n) is 5.06. The molecule has 2 atom stereocenters. The smallest absolute Gasteiger partial charge is 0.137 e. The molecule has 0 amide bonds. The van der Waals surface area contributed by atoms with Crippen LogP contribution in [0.4, 0.5) is 0 Å². The van der Waals surface area contributed by atoms with Gasteiger partial charge >= 0.3 is 0 Å². The molecule has 186 valence electrons. The molecule has 0 aliphatic heterocycles. The zero-order valence-electron chi connectivity index (χ0n) is 21.8. The van der Waals surface area contributed by atoms with Crippen LogP contribution in [0.3, 0.4) is 0 Å². The number of rotatable bonds is 6. The highest BCUT2D eigenvalue weighted by molar-refractivity contribution is 7.10. The average molecular weight is 492 g/mol. The molecule has 0 saturated heterocycles. The molecule has 2 heterocycles. The van der Waals surface area contributed by atoms with Crippen molar-refractivity contribution in [1.82, 2.24) is 19.7 Å². The highest BCUT2D eigenvalue weighted by Gasteiger charge is 2.39. The number of aromatic nitrogens is 4. The minimum Gasteiger partial charge on any atom is -0.382 e. The molecule has 0 aliphatic carbocycles. The molecular formula is C28H37N5OS. The highest BCUT2D eigenvalue weighted by Crippen LogP contribution is 2.40. The molecule has 4 aromatic rings. The zero-order valence-corrected chi connectivity index (χ0v) is 22.6. The van der Waals surface area contributed by atoms with E-state index in [1.165, 1.54) is 17.7 Å². The minimum atomic E-state index is -1.20. The molecular weight excluding hydrogens is 454 g/mol. The van der Waals surface area contributed by atoms with Crippen LogP contribution in [0.25, 0.3) is 11.3 Å². The molecule has 4 rings (SSSR count). The van der Waals surface area contributed by atoms with E-state index in [1.54, 1.807) is 23.1 Å². The van der Waals surface area contributed by atoms with E-state index in [2.05, 4.69) is 16.2 Å². The maximum Gasteiger partial charge on any atom is 0.137 e. The molecule has 2 aromatic carbocycles. The standard InChI is InChI=1S/C22H19N5OS.3C2H6/c1-16(21-26-20(12-29-21)18-9-7-17(11-23)8-10-18)22(28,13-27-15-24-14-25-27)19-5-3-2-4-6-19;3*1-2/h2-10,12,14-16,28H,13H2,1H3;3*1-2H3/t16-,22+;;;/m0.../s1. The van der Waals surface area contributed by atoms with Crippen LogP contribution in [-0.2, 0) is 12.1 Å². The first-order chi connectivity index (χ1) is 17.1. The van der Waals surface area contributed by atoms with Gasteiger partial charge < -0.3 is 5.11 Å². The van der Waals surface area contributed by atoms with Crippen LogP contribution in [0.5, 0.6) is 0 Å². The van der Waals surface area contributed by atoms with Crippen LogP contribution >= 0.6 is 11.3 Å². The molecule has 0 fully saturated rings. The molecule has 2 aromatic heterocycles. The van der Waals surface area contributed by atoms with Crippen molar-refractivity contribution < 1.29 is 5.11 Å².